The molecule has 0 saturated carbocycles. The summed E-state index contributed by atoms with van der Waals surface area (Å²) in [4.78, 5) is 25.4. The molecule has 0 unspecified atom stereocenters. The Hall–Kier alpha value is -4.84. The Kier molecular flexibility index (Phi) is 7.11. The number of alkyl halides is 3. The van der Waals surface area contributed by atoms with Gasteiger partial charge in [0.1, 0.15) is 28.7 Å². The summed E-state index contributed by atoms with van der Waals surface area (Å²) in [6, 6.07) is 19.9. The van der Waals surface area contributed by atoms with Crippen LogP contribution in [0.1, 0.15) is 23.8 Å². The number of hydrogen-bond acceptors (Lipinski definition) is 6. The van der Waals surface area contributed by atoms with Crippen molar-refractivity contribution >= 4 is 23.0 Å². The molecule has 6 nitrogen and oxygen atoms in total. The minimum atomic E-state index is -5.05. The van der Waals surface area contributed by atoms with Crippen molar-refractivity contribution in [3.63, 3.8) is 0 Å². The molecule has 4 aromatic rings. The maximum Gasteiger partial charge on any atom is 0.453 e. The lowest BCUT2D eigenvalue weighted by atomic mass is 10.1. The van der Waals surface area contributed by atoms with Crippen molar-refractivity contribution in [3.05, 3.63) is 105 Å². The van der Waals surface area contributed by atoms with Crippen molar-refractivity contribution in [1.29, 1.82) is 5.26 Å². The van der Waals surface area contributed by atoms with Crippen LogP contribution in [0.3, 0.4) is 0 Å². The smallest absolute Gasteiger partial charge is 0.449 e. The largest absolute Gasteiger partial charge is 0.453 e. The Morgan fingerprint density at radius 3 is 2.32 bits per heavy atom. The molecule has 186 valence electrons. The molecular weight excluding hydrogens is 487 g/mol. The molecule has 37 heavy (non-hydrogen) atoms. The van der Waals surface area contributed by atoms with Gasteiger partial charge in [-0.15, -0.1) is 0 Å². The van der Waals surface area contributed by atoms with Crippen LogP contribution >= 0.6 is 0 Å². The molecule has 0 saturated heterocycles. The molecular formula is C28H18F3NO5. The Morgan fingerprint density at radius 1 is 1.03 bits per heavy atom. The molecule has 0 aliphatic heterocycles. The standard InChI is InChI=1S/C28H18F3NO5/c1-2-17-8-10-20(11-9-17)35-25-24(33)22-13-12-21(15-23(22)37-26(25)28(29,30)31)36-27(34)19(16-32)14-18-6-4-3-5-7-18/h3-15H,2H2,1H3. The molecule has 9 heteroatoms. The van der Waals surface area contributed by atoms with Crippen molar-refractivity contribution in [3.8, 4) is 23.3 Å². The lowest BCUT2D eigenvalue weighted by Crippen LogP contribution is -2.16. The molecule has 0 spiro atoms. The first kappa shape index (κ1) is 25.3. The van der Waals surface area contributed by atoms with Crippen LogP contribution in [0.15, 0.2) is 87.6 Å². The Balaban J connectivity index is 1.70. The zero-order valence-corrected chi connectivity index (χ0v) is 19.3. The maximum absolute atomic E-state index is 13.8. The lowest BCUT2D eigenvalue weighted by Gasteiger charge is -2.14. The fourth-order valence-electron chi connectivity index (χ4n) is 3.43. The molecule has 0 atom stereocenters. The number of fused-ring (bicyclic) bond motifs is 1. The van der Waals surface area contributed by atoms with Crippen molar-refractivity contribution in [1.82, 2.24) is 0 Å². The average molecular weight is 505 g/mol. The summed E-state index contributed by atoms with van der Waals surface area (Å²) in [5.74, 6) is -3.85. The lowest BCUT2D eigenvalue weighted by molar-refractivity contribution is -0.154. The van der Waals surface area contributed by atoms with E-state index in [1.807, 2.05) is 6.92 Å². The Morgan fingerprint density at radius 2 is 1.70 bits per heavy atom. The fraction of sp³-hybridized carbons (Fsp3) is 0.107. The molecule has 0 N–H and O–H groups in total. The number of nitrogens with zero attached hydrogens (tertiary/aromatic N) is 1. The van der Waals surface area contributed by atoms with E-state index < -0.39 is 34.7 Å². The number of aryl methyl sites for hydroxylation is 1. The fourth-order valence-corrected chi connectivity index (χ4v) is 3.43. The van der Waals surface area contributed by atoms with Crippen LogP contribution in [-0.4, -0.2) is 5.97 Å². The summed E-state index contributed by atoms with van der Waals surface area (Å²) in [6.07, 6.45) is -3.02. The zero-order chi connectivity index (χ0) is 26.6. The van der Waals surface area contributed by atoms with E-state index in [2.05, 4.69) is 0 Å². The van der Waals surface area contributed by atoms with E-state index in [1.54, 1.807) is 48.5 Å². The monoisotopic (exact) mass is 505 g/mol. The minimum absolute atomic E-state index is 0.0362. The zero-order valence-electron chi connectivity index (χ0n) is 19.3. The highest BCUT2D eigenvalue weighted by atomic mass is 19.4. The average Bonchev–Trinajstić information content (AvgIpc) is 2.89. The number of nitriles is 1. The van der Waals surface area contributed by atoms with Gasteiger partial charge in [-0.3, -0.25) is 4.79 Å². The highest BCUT2D eigenvalue weighted by molar-refractivity contribution is 5.99. The third-order valence-electron chi connectivity index (χ3n) is 5.29. The molecule has 0 aliphatic rings. The summed E-state index contributed by atoms with van der Waals surface area (Å²) in [5, 5.41) is 9.12. The van der Waals surface area contributed by atoms with Gasteiger partial charge in [-0.2, -0.15) is 18.4 Å². The van der Waals surface area contributed by atoms with E-state index >= 15 is 0 Å². The van der Waals surface area contributed by atoms with Gasteiger partial charge in [0.25, 0.3) is 5.76 Å². The van der Waals surface area contributed by atoms with Crippen LogP contribution in [0.2, 0.25) is 0 Å². The first-order chi connectivity index (χ1) is 17.7. The molecule has 3 aromatic carbocycles. The van der Waals surface area contributed by atoms with Gasteiger partial charge in [0.05, 0.1) is 5.39 Å². The van der Waals surface area contributed by atoms with Gasteiger partial charge in [-0.25, -0.2) is 4.79 Å². The third-order valence-corrected chi connectivity index (χ3v) is 5.29. The van der Waals surface area contributed by atoms with Crippen LogP contribution in [0, 0.1) is 11.3 Å². The number of hydrogen-bond donors (Lipinski definition) is 0. The van der Waals surface area contributed by atoms with E-state index in [4.69, 9.17) is 13.9 Å². The van der Waals surface area contributed by atoms with Crippen LogP contribution in [0.25, 0.3) is 17.0 Å². The van der Waals surface area contributed by atoms with Crippen LogP contribution in [-0.2, 0) is 17.4 Å². The predicted octanol–water partition coefficient (Wildman–Crippen LogP) is 6.68. The van der Waals surface area contributed by atoms with Crippen molar-refractivity contribution < 1.29 is 31.9 Å². The second-order valence-electron chi connectivity index (χ2n) is 7.81. The van der Waals surface area contributed by atoms with E-state index in [0.717, 1.165) is 24.1 Å². The number of rotatable bonds is 6. The molecule has 4 rings (SSSR count). The van der Waals surface area contributed by atoms with E-state index in [1.165, 1.54) is 24.3 Å². The molecule has 0 radical (unpaired) electrons. The SMILES string of the molecule is CCc1ccc(Oc2c(C(F)(F)F)oc3cc(OC(=O)C(C#N)=Cc4ccccc4)ccc3c2=O)cc1. The summed E-state index contributed by atoms with van der Waals surface area (Å²) < 4.78 is 56.9. The summed E-state index contributed by atoms with van der Waals surface area (Å²) in [7, 11) is 0. The molecule has 0 amide bonds. The quantitative estimate of drug-likeness (QED) is 0.126. The molecule has 1 aromatic heterocycles. The topological polar surface area (TPSA) is 89.5 Å². The third kappa shape index (κ3) is 5.70. The maximum atomic E-state index is 13.8. The summed E-state index contributed by atoms with van der Waals surface area (Å²) in [6.45, 7) is 1.92. The van der Waals surface area contributed by atoms with E-state index in [9.17, 15) is 28.0 Å². The van der Waals surface area contributed by atoms with Gasteiger partial charge >= 0.3 is 12.1 Å². The number of halogens is 3. The number of carbonyl (C=O) groups excluding carboxylic acids is 1. The van der Waals surface area contributed by atoms with Crippen LogP contribution in [0.5, 0.6) is 17.2 Å². The first-order valence-electron chi connectivity index (χ1n) is 11.0. The molecule has 0 bridgehead atoms. The second-order valence-corrected chi connectivity index (χ2v) is 7.81. The van der Waals surface area contributed by atoms with Crippen molar-refractivity contribution in [2.45, 2.75) is 19.5 Å². The van der Waals surface area contributed by atoms with Gasteiger partial charge < -0.3 is 13.9 Å². The van der Waals surface area contributed by atoms with Crippen LogP contribution < -0.4 is 14.9 Å². The highest BCUT2D eigenvalue weighted by Crippen LogP contribution is 2.38. The Bertz CT molecular complexity index is 1580. The number of benzene rings is 3. The van der Waals surface area contributed by atoms with Gasteiger partial charge in [-0.05, 0) is 47.9 Å². The van der Waals surface area contributed by atoms with Crippen molar-refractivity contribution in [2.75, 3.05) is 0 Å². The second kappa shape index (κ2) is 10.4. The first-order valence-corrected chi connectivity index (χ1v) is 11.0. The predicted molar refractivity (Wildman–Crippen MR) is 129 cm³/mol. The van der Waals surface area contributed by atoms with E-state index in [-0.39, 0.29) is 22.5 Å². The molecule has 0 fully saturated rings. The van der Waals surface area contributed by atoms with Gasteiger partial charge in [0, 0.05) is 6.07 Å². The minimum Gasteiger partial charge on any atom is -0.449 e. The highest BCUT2D eigenvalue weighted by Gasteiger charge is 2.40. The van der Waals surface area contributed by atoms with Gasteiger partial charge in [0.2, 0.25) is 11.2 Å². The van der Waals surface area contributed by atoms with Gasteiger partial charge in [0.15, 0.2) is 0 Å². The molecule has 0 aliphatic carbocycles. The van der Waals surface area contributed by atoms with Crippen molar-refractivity contribution in [2.24, 2.45) is 0 Å². The number of carbonyl (C=O) groups is 1. The van der Waals surface area contributed by atoms with Crippen LogP contribution in [0.4, 0.5) is 13.2 Å². The Labute approximate surface area is 208 Å². The summed E-state index contributed by atoms with van der Waals surface area (Å²) in [5.41, 5.74) is -0.336. The normalized spacial score (nSPS) is 11.7. The van der Waals surface area contributed by atoms with Gasteiger partial charge in [-0.1, -0.05) is 49.4 Å². The number of esters is 1. The summed E-state index contributed by atoms with van der Waals surface area (Å²) >= 11 is 0. The number of ether oxygens (including phenoxy) is 2. The van der Waals surface area contributed by atoms with E-state index in [0.29, 0.717) is 5.56 Å². The molecule has 1 heterocycles.